The van der Waals surface area contributed by atoms with Gasteiger partial charge in [0.1, 0.15) is 22.4 Å². The minimum absolute atomic E-state index is 0. The summed E-state index contributed by atoms with van der Waals surface area (Å²) in [6.07, 6.45) is -3.04. The molecule has 0 aliphatic rings. The normalized spacial score (nSPS) is 9.78. The molecule has 382 valence electrons. The third kappa shape index (κ3) is 45.8. The molecule has 23 nitrogen and oxygen atoms in total. The van der Waals surface area contributed by atoms with Gasteiger partial charge in [0.05, 0.1) is 9.85 Å². The summed E-state index contributed by atoms with van der Waals surface area (Å²) >= 11 is 0. The number of nitrogens with one attached hydrogen (secondary N) is 2. The third-order valence-corrected chi connectivity index (χ3v) is 6.13. The number of ether oxygens (including phenoxy) is 5. The summed E-state index contributed by atoms with van der Waals surface area (Å²) in [7, 11) is 0. The van der Waals surface area contributed by atoms with Crippen LogP contribution in [0.25, 0.3) is 0 Å². The Bertz CT molecular complexity index is 1880. The quantitative estimate of drug-likeness (QED) is 0.0233. The molecule has 3 aromatic carbocycles. The van der Waals surface area contributed by atoms with Crippen molar-refractivity contribution in [1.82, 2.24) is 16.8 Å². The maximum Gasteiger partial charge on any atom is 1.00 e. The van der Waals surface area contributed by atoms with Crippen LogP contribution < -0.4 is 57.8 Å². The number of anilines is 1. The van der Waals surface area contributed by atoms with Crippen LogP contribution in [-0.4, -0.2) is 73.8 Å². The van der Waals surface area contributed by atoms with Gasteiger partial charge in [0.2, 0.25) is 0 Å². The fraction of sp³-hybridized carbons (Fsp3) is 0.452. The van der Waals surface area contributed by atoms with E-state index < -0.39 is 56.7 Å². The van der Waals surface area contributed by atoms with E-state index in [0.717, 1.165) is 16.7 Å². The first-order valence-corrected chi connectivity index (χ1v) is 19.0. The Morgan fingerprint density at radius 1 is 0.603 bits per heavy atom. The standard InChI is InChI=1S/C12H16N2O4.C12H18N2O2.C10H18O5.C7H8N2O2.CH2O2.ClH.Fe.H3N.Na.H2O/c1-12(2,3)18-11(15)13-8-9-4-6-10(7-5-9)14(16)17;1-12(2,3)16-11(15)14-8-9-4-6-10(13)7-5-9;1-9(2,3)14-7(11)13-8(12)15-10(4,5)6;8-5-6-1-3-7(4-2-6)9(10)11;2-1-3;;;;;/h4-7H,8H2,1-3H3,(H,13,15);4-7H,8,13H2,1-3H3,(H,14,15);1-6H3;1-4H,5,8H2;1H,(H,2,3);1H;;1H3;;1H2/q;;;;;;;;+1;/p-1. The van der Waals surface area contributed by atoms with Gasteiger partial charge in [0.25, 0.3) is 17.8 Å². The van der Waals surface area contributed by atoms with Gasteiger partial charge in [0, 0.05) is 66.7 Å². The number of nitrogens with zero attached hydrogens (tertiary/aromatic N) is 2. The molecule has 0 radical (unpaired) electrons. The Kier molecular flexibility index (Phi) is 42.6. The molecule has 11 N–H and O–H groups in total. The van der Waals surface area contributed by atoms with E-state index in [2.05, 4.69) is 15.4 Å². The van der Waals surface area contributed by atoms with Crippen molar-refractivity contribution in [2.45, 2.75) is 125 Å². The summed E-state index contributed by atoms with van der Waals surface area (Å²) in [5, 5.41) is 32.8. The van der Waals surface area contributed by atoms with E-state index in [-0.39, 0.29) is 95.1 Å². The average Bonchev–Trinajstić information content (AvgIpc) is 3.12. The number of carbonyl (C=O) groups excluding carboxylic acids is 4. The van der Waals surface area contributed by atoms with Crippen LogP contribution in [0.2, 0.25) is 0 Å². The van der Waals surface area contributed by atoms with Gasteiger partial charge in [-0.2, -0.15) is 0 Å². The minimum Gasteiger partial charge on any atom is -0.870 e. The zero-order chi connectivity index (χ0) is 49.2. The van der Waals surface area contributed by atoms with Crippen molar-refractivity contribution < 1.29 is 115 Å². The molecule has 3 aromatic rings. The molecule has 0 aliphatic carbocycles. The smallest absolute Gasteiger partial charge is 0.870 e. The van der Waals surface area contributed by atoms with Crippen LogP contribution in [0.15, 0.2) is 72.8 Å². The summed E-state index contributed by atoms with van der Waals surface area (Å²) in [4.78, 5) is 72.8. The first-order chi connectivity index (χ1) is 28.8. The van der Waals surface area contributed by atoms with E-state index in [1.54, 1.807) is 98.7 Å². The molecule has 0 fully saturated rings. The number of carbonyl (C=O) groups is 5. The molecule has 0 aliphatic heterocycles. The maximum atomic E-state index is 11.4. The first kappa shape index (κ1) is 76.9. The van der Waals surface area contributed by atoms with Crippen LogP contribution in [0.1, 0.15) is 99.8 Å². The summed E-state index contributed by atoms with van der Waals surface area (Å²) in [6.45, 7) is 21.7. The number of nitrogen functional groups attached to an aromatic ring is 1. The Morgan fingerprint density at radius 3 is 1.09 bits per heavy atom. The van der Waals surface area contributed by atoms with Crippen molar-refractivity contribution in [3.63, 3.8) is 0 Å². The second-order valence-electron chi connectivity index (χ2n) is 16.6. The van der Waals surface area contributed by atoms with Gasteiger partial charge in [-0.15, -0.1) is 12.4 Å². The number of hydrogen-bond acceptors (Lipinski definition) is 18. The Morgan fingerprint density at radius 2 is 0.853 bits per heavy atom. The topological polar surface area (TPSA) is 379 Å². The predicted molar refractivity (Wildman–Crippen MR) is 248 cm³/mol. The molecule has 0 unspecified atom stereocenters. The zero-order valence-corrected chi connectivity index (χ0v) is 44.7. The van der Waals surface area contributed by atoms with E-state index in [4.69, 9.17) is 40.3 Å². The van der Waals surface area contributed by atoms with Gasteiger partial charge in [-0.3, -0.25) is 25.0 Å². The van der Waals surface area contributed by atoms with Crippen molar-refractivity contribution >= 4 is 60.4 Å². The largest absolute Gasteiger partial charge is 1.00 e. The fourth-order valence-corrected chi connectivity index (χ4v) is 3.71. The second kappa shape index (κ2) is 37.7. The van der Waals surface area contributed by atoms with Crippen LogP contribution in [0.5, 0.6) is 0 Å². The number of nitro groups is 2. The number of hydrogen-bond donors (Lipinski definition) is 6. The molecule has 0 bridgehead atoms. The Balaban J connectivity index is -0.000000141. The van der Waals surface area contributed by atoms with Crippen molar-refractivity contribution in [2.24, 2.45) is 5.73 Å². The van der Waals surface area contributed by atoms with Gasteiger partial charge >= 0.3 is 54.1 Å². The number of nitro benzene ring substituents is 2. The Hall–Kier alpha value is -5.30. The molecule has 0 heterocycles. The predicted octanol–water partition coefficient (Wildman–Crippen LogP) is 5.95. The van der Waals surface area contributed by atoms with E-state index in [1.807, 2.05) is 32.9 Å². The van der Waals surface area contributed by atoms with Gasteiger partial charge in [-0.1, -0.05) is 36.4 Å². The molecule has 26 heteroatoms. The van der Waals surface area contributed by atoms with Crippen LogP contribution in [0.3, 0.4) is 0 Å². The van der Waals surface area contributed by atoms with Crippen LogP contribution in [0.4, 0.5) is 36.2 Å². The molecule has 0 saturated carbocycles. The summed E-state index contributed by atoms with van der Waals surface area (Å²) < 4.78 is 24.0. The van der Waals surface area contributed by atoms with Gasteiger partial charge in [-0.25, -0.2) is 19.2 Å². The second-order valence-corrected chi connectivity index (χ2v) is 16.6. The number of alkyl carbamates (subject to hydrolysis) is 2. The summed E-state index contributed by atoms with van der Waals surface area (Å²) in [6, 6.07) is 19.5. The number of non-ortho nitro benzene ring substituents is 2. The number of halogens is 1. The molecular weight excluding hydrogens is 973 g/mol. The average molecular weight is 1040 g/mol. The van der Waals surface area contributed by atoms with Crippen molar-refractivity contribution in [3.05, 3.63) is 110 Å². The van der Waals surface area contributed by atoms with Crippen LogP contribution >= 0.6 is 12.4 Å². The molecule has 2 amide bonds. The number of rotatable bonds is 7. The third-order valence-electron chi connectivity index (χ3n) is 6.13. The van der Waals surface area contributed by atoms with E-state index >= 15 is 0 Å². The monoisotopic (exact) mass is 1040 g/mol. The van der Waals surface area contributed by atoms with Crippen molar-refractivity contribution in [1.29, 1.82) is 0 Å². The molecule has 0 aromatic heterocycles. The fourth-order valence-electron chi connectivity index (χ4n) is 3.71. The Labute approximate surface area is 435 Å². The number of amides is 2. The first-order valence-electron chi connectivity index (χ1n) is 19.0. The van der Waals surface area contributed by atoms with Gasteiger partial charge in [-0.05, 0) is 112 Å². The minimum atomic E-state index is -1.06. The van der Waals surface area contributed by atoms with E-state index in [1.165, 1.54) is 24.3 Å². The molecule has 68 heavy (non-hydrogen) atoms. The zero-order valence-electron chi connectivity index (χ0n) is 40.8. The molecule has 0 saturated heterocycles. The van der Waals surface area contributed by atoms with Gasteiger partial charge in [0.15, 0.2) is 0 Å². The van der Waals surface area contributed by atoms with E-state index in [0.29, 0.717) is 18.8 Å². The van der Waals surface area contributed by atoms with E-state index in [9.17, 15) is 39.4 Å². The molecule has 3 rings (SSSR count). The van der Waals surface area contributed by atoms with Crippen molar-refractivity contribution in [3.8, 4) is 0 Å². The van der Waals surface area contributed by atoms with Crippen LogP contribution in [0, 0.1) is 20.2 Å². The van der Waals surface area contributed by atoms with Crippen molar-refractivity contribution in [2.75, 3.05) is 5.73 Å². The number of carboxylic acid groups (broad SMARTS) is 1. The van der Waals surface area contributed by atoms with Crippen LogP contribution in [-0.2, 0) is 65.2 Å². The molecule has 0 spiro atoms. The molecular formula is C42H67ClFeN7NaO16. The molecule has 0 atom stereocenters. The maximum absolute atomic E-state index is 11.4. The SMILES string of the molecule is CC(C)(C)OC(=O)NCc1ccc(N)cc1.CC(C)(C)OC(=O)NCc1ccc([N+](=O)[O-])cc1.CC(C)(C)OC(=O)OC(=O)OC(C)(C)C.Cl.N.NCc1ccc([N+](=O)[O-])cc1.O=CO.[Fe].[Na+].[OH-]. The number of nitrogens with two attached hydrogens (primary N) is 2. The van der Waals surface area contributed by atoms with Gasteiger partial charge < -0.3 is 62.5 Å². The summed E-state index contributed by atoms with van der Waals surface area (Å²) in [5.74, 6) is 0. The number of benzene rings is 3. The summed E-state index contributed by atoms with van der Waals surface area (Å²) in [5.41, 5.74) is 11.9.